The number of hydrogen-bond donors (Lipinski definition) is 1. The molecule has 1 amide bonds. The Morgan fingerprint density at radius 2 is 1.88 bits per heavy atom. The number of benzene rings is 2. The molecule has 25 heavy (non-hydrogen) atoms. The summed E-state index contributed by atoms with van der Waals surface area (Å²) in [6, 6.07) is 16.0. The van der Waals surface area contributed by atoms with E-state index in [-0.39, 0.29) is 5.91 Å². The Morgan fingerprint density at radius 3 is 2.56 bits per heavy atom. The first-order valence-electron chi connectivity index (χ1n) is 8.48. The van der Waals surface area contributed by atoms with Crippen LogP contribution >= 0.6 is 0 Å². The molecule has 0 aliphatic carbocycles. The molecule has 5 heteroatoms. The average molecular weight is 334 g/mol. The molecular formula is C20H22N4O. The Kier molecular flexibility index (Phi) is 5.23. The number of aryl methyl sites for hydroxylation is 1. The summed E-state index contributed by atoms with van der Waals surface area (Å²) in [7, 11) is 0. The van der Waals surface area contributed by atoms with Gasteiger partial charge in [-0.1, -0.05) is 55.5 Å². The monoisotopic (exact) mass is 334 g/mol. The van der Waals surface area contributed by atoms with Crippen LogP contribution in [0.1, 0.15) is 37.3 Å². The van der Waals surface area contributed by atoms with Gasteiger partial charge in [-0.15, -0.1) is 5.10 Å². The van der Waals surface area contributed by atoms with Gasteiger partial charge in [0.05, 0.1) is 23.8 Å². The summed E-state index contributed by atoms with van der Waals surface area (Å²) in [6.07, 6.45) is 4.52. The third-order valence-corrected chi connectivity index (χ3v) is 4.13. The molecule has 0 spiro atoms. The van der Waals surface area contributed by atoms with Gasteiger partial charge < -0.3 is 5.32 Å². The van der Waals surface area contributed by atoms with Crippen LogP contribution in [-0.4, -0.2) is 20.9 Å². The number of aromatic nitrogens is 3. The van der Waals surface area contributed by atoms with Crippen molar-refractivity contribution in [3.63, 3.8) is 0 Å². The van der Waals surface area contributed by atoms with Crippen LogP contribution in [0.4, 0.5) is 5.69 Å². The number of hydrogen-bond acceptors (Lipinski definition) is 3. The second-order valence-electron chi connectivity index (χ2n) is 6.31. The molecule has 3 aromatic rings. The lowest BCUT2D eigenvalue weighted by Gasteiger charge is -2.11. The summed E-state index contributed by atoms with van der Waals surface area (Å²) >= 11 is 0. The van der Waals surface area contributed by atoms with Gasteiger partial charge in [0.2, 0.25) is 5.91 Å². The topological polar surface area (TPSA) is 59.8 Å². The normalized spacial score (nSPS) is 10.8. The molecule has 0 saturated carbocycles. The third-order valence-electron chi connectivity index (χ3n) is 4.13. The number of amides is 1. The third kappa shape index (κ3) is 4.32. The molecule has 0 fully saturated rings. The zero-order chi connectivity index (χ0) is 17.6. The summed E-state index contributed by atoms with van der Waals surface area (Å²) in [5.41, 5.74) is 4.02. The Balaban J connectivity index is 1.62. The number of rotatable bonds is 6. The Morgan fingerprint density at radius 1 is 1.12 bits per heavy atom. The first-order chi connectivity index (χ1) is 12.1. The summed E-state index contributed by atoms with van der Waals surface area (Å²) in [6.45, 7) is 4.35. The first-order valence-corrected chi connectivity index (χ1v) is 8.48. The van der Waals surface area contributed by atoms with Gasteiger partial charge in [-0.25, -0.2) is 4.68 Å². The predicted molar refractivity (Wildman–Crippen MR) is 98.8 cm³/mol. The second kappa shape index (κ2) is 7.75. The van der Waals surface area contributed by atoms with E-state index in [1.165, 1.54) is 11.1 Å². The second-order valence-corrected chi connectivity index (χ2v) is 6.31. The van der Waals surface area contributed by atoms with Gasteiger partial charge in [0.25, 0.3) is 0 Å². The van der Waals surface area contributed by atoms with E-state index in [1.54, 1.807) is 17.1 Å². The minimum atomic E-state index is -0.0134. The van der Waals surface area contributed by atoms with E-state index in [2.05, 4.69) is 53.7 Å². The van der Waals surface area contributed by atoms with Crippen molar-refractivity contribution < 1.29 is 4.79 Å². The van der Waals surface area contributed by atoms with Crippen molar-refractivity contribution in [2.45, 2.75) is 32.6 Å². The number of anilines is 1. The summed E-state index contributed by atoms with van der Waals surface area (Å²) in [5.74, 6) is 0.506. The molecular weight excluding hydrogens is 312 g/mol. The van der Waals surface area contributed by atoms with Crippen molar-refractivity contribution >= 4 is 11.6 Å². The highest BCUT2D eigenvalue weighted by Gasteiger charge is 2.09. The van der Waals surface area contributed by atoms with E-state index in [1.807, 2.05) is 24.3 Å². The molecule has 0 aliphatic heterocycles. The highest BCUT2D eigenvalue weighted by atomic mass is 16.1. The van der Waals surface area contributed by atoms with Gasteiger partial charge in [0.15, 0.2) is 0 Å². The van der Waals surface area contributed by atoms with Crippen LogP contribution in [0, 0.1) is 0 Å². The molecule has 0 atom stereocenters. The van der Waals surface area contributed by atoms with Crippen molar-refractivity contribution in [2.24, 2.45) is 0 Å². The molecule has 5 nitrogen and oxygen atoms in total. The Bertz CT molecular complexity index is 823. The molecule has 2 aromatic carbocycles. The van der Waals surface area contributed by atoms with Crippen LogP contribution in [-0.2, 0) is 11.2 Å². The zero-order valence-corrected chi connectivity index (χ0v) is 14.5. The molecule has 1 N–H and O–H groups in total. The average Bonchev–Trinajstić information content (AvgIpc) is 3.15. The van der Waals surface area contributed by atoms with E-state index in [4.69, 9.17) is 0 Å². The number of nitrogens with one attached hydrogen (secondary N) is 1. The largest absolute Gasteiger partial charge is 0.324 e. The fourth-order valence-corrected chi connectivity index (χ4v) is 2.66. The molecule has 0 aliphatic rings. The standard InChI is InChI=1S/C20H22N4O/c1-15(2)17-10-7-16(8-11-17)9-12-20(25)22-18-5-3-4-6-19(18)24-14-13-21-23-24/h3-8,10-11,13-15H,9,12H2,1-2H3,(H,22,25). The quantitative estimate of drug-likeness (QED) is 0.742. The van der Waals surface area contributed by atoms with Gasteiger partial charge in [-0.3, -0.25) is 4.79 Å². The molecule has 0 unspecified atom stereocenters. The molecule has 0 saturated heterocycles. The maximum atomic E-state index is 12.3. The molecule has 1 heterocycles. The fourth-order valence-electron chi connectivity index (χ4n) is 2.66. The fraction of sp³-hybridized carbons (Fsp3) is 0.250. The Labute approximate surface area is 147 Å². The number of para-hydroxylation sites is 2. The maximum absolute atomic E-state index is 12.3. The molecule has 1 aromatic heterocycles. The molecule has 3 rings (SSSR count). The van der Waals surface area contributed by atoms with Gasteiger partial charge in [0.1, 0.15) is 0 Å². The van der Waals surface area contributed by atoms with E-state index in [9.17, 15) is 4.79 Å². The van der Waals surface area contributed by atoms with Crippen molar-refractivity contribution in [3.8, 4) is 5.69 Å². The van der Waals surface area contributed by atoms with E-state index in [0.29, 0.717) is 12.3 Å². The first kappa shape index (κ1) is 16.9. The van der Waals surface area contributed by atoms with E-state index in [0.717, 1.165) is 17.8 Å². The van der Waals surface area contributed by atoms with Crippen molar-refractivity contribution in [1.29, 1.82) is 0 Å². The SMILES string of the molecule is CC(C)c1ccc(CCC(=O)Nc2ccccc2-n2ccnn2)cc1. The van der Waals surface area contributed by atoms with E-state index >= 15 is 0 Å². The zero-order valence-electron chi connectivity index (χ0n) is 14.5. The minimum Gasteiger partial charge on any atom is -0.324 e. The van der Waals surface area contributed by atoms with Crippen LogP contribution in [0.15, 0.2) is 60.9 Å². The highest BCUT2D eigenvalue weighted by molar-refractivity contribution is 5.92. The smallest absolute Gasteiger partial charge is 0.224 e. The van der Waals surface area contributed by atoms with Gasteiger partial charge in [-0.2, -0.15) is 0 Å². The van der Waals surface area contributed by atoms with Crippen LogP contribution in [0.3, 0.4) is 0 Å². The van der Waals surface area contributed by atoms with Crippen molar-refractivity contribution in [2.75, 3.05) is 5.32 Å². The summed E-state index contributed by atoms with van der Waals surface area (Å²) in [4.78, 5) is 12.3. The lowest BCUT2D eigenvalue weighted by atomic mass is 10.0. The van der Waals surface area contributed by atoms with Gasteiger partial charge >= 0.3 is 0 Å². The van der Waals surface area contributed by atoms with Gasteiger partial charge in [-0.05, 0) is 35.6 Å². The van der Waals surface area contributed by atoms with Gasteiger partial charge in [0, 0.05) is 6.42 Å². The predicted octanol–water partition coefficient (Wildman–Crippen LogP) is 3.96. The van der Waals surface area contributed by atoms with Crippen molar-refractivity contribution in [3.05, 3.63) is 72.1 Å². The van der Waals surface area contributed by atoms with E-state index < -0.39 is 0 Å². The van der Waals surface area contributed by atoms with Crippen LogP contribution < -0.4 is 5.32 Å². The minimum absolute atomic E-state index is 0.0134. The molecule has 128 valence electrons. The summed E-state index contributed by atoms with van der Waals surface area (Å²) < 4.78 is 1.64. The van der Waals surface area contributed by atoms with Crippen LogP contribution in [0.5, 0.6) is 0 Å². The lowest BCUT2D eigenvalue weighted by Crippen LogP contribution is -2.14. The number of carbonyl (C=O) groups is 1. The van der Waals surface area contributed by atoms with Crippen LogP contribution in [0.25, 0.3) is 5.69 Å². The number of nitrogens with zero attached hydrogens (tertiary/aromatic N) is 3. The number of carbonyl (C=O) groups excluding carboxylic acids is 1. The van der Waals surface area contributed by atoms with Crippen LogP contribution in [0.2, 0.25) is 0 Å². The summed E-state index contributed by atoms with van der Waals surface area (Å²) in [5, 5.41) is 10.8. The lowest BCUT2D eigenvalue weighted by molar-refractivity contribution is -0.116. The highest BCUT2D eigenvalue weighted by Crippen LogP contribution is 2.19. The maximum Gasteiger partial charge on any atom is 0.224 e. The van der Waals surface area contributed by atoms with Crippen molar-refractivity contribution in [1.82, 2.24) is 15.0 Å². The molecule has 0 bridgehead atoms. The molecule has 0 radical (unpaired) electrons. The Hall–Kier alpha value is -2.95.